The Balaban J connectivity index is 1.56. The number of para-hydroxylation sites is 2. The molecule has 2 atom stereocenters. The molecule has 8 heteroatoms. The summed E-state index contributed by atoms with van der Waals surface area (Å²) in [7, 11) is 3.09. The minimum absolute atomic E-state index is 0.291. The number of nitrogens with one attached hydrogen (secondary N) is 1. The summed E-state index contributed by atoms with van der Waals surface area (Å²) in [5, 5.41) is 7.76. The maximum absolute atomic E-state index is 14.2. The molecule has 1 amide bonds. The van der Waals surface area contributed by atoms with Gasteiger partial charge in [0.05, 0.1) is 24.4 Å². The van der Waals surface area contributed by atoms with Gasteiger partial charge in [0.1, 0.15) is 5.75 Å². The topological polar surface area (TPSA) is 84.0 Å². The van der Waals surface area contributed by atoms with Crippen molar-refractivity contribution in [2.45, 2.75) is 18.6 Å². The Morgan fingerprint density at radius 1 is 0.905 bits per heavy atom. The first kappa shape index (κ1) is 27.4. The van der Waals surface area contributed by atoms with Gasteiger partial charge in [-0.25, -0.2) is 5.01 Å². The summed E-state index contributed by atoms with van der Waals surface area (Å²) >= 11 is 6.22. The van der Waals surface area contributed by atoms with Crippen LogP contribution < -0.4 is 10.3 Å². The number of benzene rings is 4. The molecule has 0 fully saturated rings. The number of nitrogens with zero attached hydrogens (tertiary/aromatic N) is 2. The van der Waals surface area contributed by atoms with Crippen LogP contribution in [0.2, 0.25) is 5.02 Å². The molecule has 1 N–H and O–H groups in total. The van der Waals surface area contributed by atoms with Crippen molar-refractivity contribution in [2.24, 2.45) is 5.10 Å². The molecule has 0 saturated heterocycles. The number of carbonyl (C=O) groups is 1. The largest absolute Gasteiger partial charge is 0.496 e. The number of amides is 1. The molecule has 5 aromatic rings. The number of hydrogen-bond acceptors (Lipinski definition) is 5. The summed E-state index contributed by atoms with van der Waals surface area (Å²) in [6, 6.07) is 31.3. The number of methoxy groups -OCH3 is 2. The molecule has 1 aliphatic heterocycles. The van der Waals surface area contributed by atoms with Crippen molar-refractivity contribution in [3.8, 4) is 16.9 Å². The van der Waals surface area contributed by atoms with Crippen LogP contribution in [0, 0.1) is 0 Å². The highest BCUT2D eigenvalue weighted by Crippen LogP contribution is 2.41. The lowest BCUT2D eigenvalue weighted by atomic mass is 9.90. The highest BCUT2D eigenvalue weighted by atomic mass is 35.5. The quantitative estimate of drug-likeness (QED) is 0.227. The Morgan fingerprint density at radius 2 is 1.60 bits per heavy atom. The van der Waals surface area contributed by atoms with Gasteiger partial charge in [0.15, 0.2) is 6.10 Å². The molecule has 0 spiro atoms. The molecule has 210 valence electrons. The van der Waals surface area contributed by atoms with E-state index in [4.69, 9.17) is 26.2 Å². The molecule has 0 radical (unpaired) electrons. The number of rotatable bonds is 7. The minimum atomic E-state index is -0.892. The molecular formula is C34H28ClN3O4. The fourth-order valence-corrected chi connectivity index (χ4v) is 5.74. The van der Waals surface area contributed by atoms with Crippen molar-refractivity contribution in [3.63, 3.8) is 0 Å². The summed E-state index contributed by atoms with van der Waals surface area (Å²) in [4.78, 5) is 31.0. The smallest absolute Gasteiger partial charge is 0.276 e. The van der Waals surface area contributed by atoms with E-state index in [1.807, 2.05) is 91.0 Å². The van der Waals surface area contributed by atoms with Crippen LogP contribution >= 0.6 is 11.6 Å². The number of H-pyrrole nitrogens is 1. The average molecular weight is 578 g/mol. The molecule has 42 heavy (non-hydrogen) atoms. The molecule has 0 saturated carbocycles. The van der Waals surface area contributed by atoms with Crippen molar-refractivity contribution >= 4 is 34.1 Å². The molecule has 2 heterocycles. The van der Waals surface area contributed by atoms with Crippen LogP contribution in [0.4, 0.5) is 0 Å². The molecule has 4 aromatic carbocycles. The molecule has 1 aromatic heterocycles. The molecule has 0 bridgehead atoms. The number of hydrazone groups is 1. The van der Waals surface area contributed by atoms with Crippen LogP contribution in [-0.4, -0.2) is 35.8 Å². The fraction of sp³-hybridized carbons (Fsp3) is 0.147. The number of hydrogen-bond donors (Lipinski definition) is 1. The predicted octanol–water partition coefficient (Wildman–Crippen LogP) is 6.92. The average Bonchev–Trinajstić information content (AvgIpc) is 3.46. The first-order valence-corrected chi connectivity index (χ1v) is 13.9. The summed E-state index contributed by atoms with van der Waals surface area (Å²) in [5.74, 6) is 0.274. The van der Waals surface area contributed by atoms with Crippen molar-refractivity contribution < 1.29 is 14.3 Å². The first-order chi connectivity index (χ1) is 20.5. The molecule has 6 rings (SSSR count). The lowest BCUT2D eigenvalue weighted by molar-refractivity contribution is -0.144. The van der Waals surface area contributed by atoms with Crippen molar-refractivity contribution in [3.05, 3.63) is 135 Å². The number of aromatic amines is 1. The third-order valence-corrected chi connectivity index (χ3v) is 7.79. The Kier molecular flexibility index (Phi) is 7.61. The number of fused-ring (bicyclic) bond motifs is 1. The fourth-order valence-electron chi connectivity index (χ4n) is 5.61. The lowest BCUT2D eigenvalue weighted by Gasteiger charge is -2.27. The molecule has 0 unspecified atom stereocenters. The third kappa shape index (κ3) is 4.98. The van der Waals surface area contributed by atoms with Gasteiger partial charge in [-0.3, -0.25) is 9.59 Å². The Bertz CT molecular complexity index is 1850. The van der Waals surface area contributed by atoms with Gasteiger partial charge >= 0.3 is 0 Å². The van der Waals surface area contributed by atoms with E-state index in [0.29, 0.717) is 39.5 Å². The van der Waals surface area contributed by atoms with E-state index < -0.39 is 12.1 Å². The van der Waals surface area contributed by atoms with Gasteiger partial charge in [0.2, 0.25) is 0 Å². The van der Waals surface area contributed by atoms with E-state index in [1.165, 1.54) is 12.1 Å². The standard InChI is InChI=1S/C34H28ClN3O4/c1-41-29-15-9-7-13-25(29)28-20-27(37-38(28)34(40)32(42-2)22-10-4-3-5-11-22)31-30(21-16-18-23(35)19-17-21)24-12-6-8-14-26(24)36-33(31)39/h3-19,28,32H,20H2,1-2H3,(H,36,39)/t28-,32-/m0/s1. The summed E-state index contributed by atoms with van der Waals surface area (Å²) in [6.45, 7) is 0. The normalized spacial score (nSPS) is 15.5. The van der Waals surface area contributed by atoms with E-state index >= 15 is 0 Å². The van der Waals surface area contributed by atoms with Gasteiger partial charge in [0.25, 0.3) is 11.5 Å². The Hall–Kier alpha value is -4.72. The molecular weight excluding hydrogens is 550 g/mol. The van der Waals surface area contributed by atoms with Gasteiger partial charge < -0.3 is 14.5 Å². The number of aromatic nitrogens is 1. The maximum Gasteiger partial charge on any atom is 0.276 e. The monoisotopic (exact) mass is 577 g/mol. The van der Waals surface area contributed by atoms with E-state index in [1.54, 1.807) is 19.2 Å². The van der Waals surface area contributed by atoms with Crippen LogP contribution in [0.25, 0.3) is 22.0 Å². The number of ether oxygens (including phenoxy) is 2. The molecule has 7 nitrogen and oxygen atoms in total. The van der Waals surface area contributed by atoms with Crippen molar-refractivity contribution in [1.29, 1.82) is 0 Å². The lowest BCUT2D eigenvalue weighted by Crippen LogP contribution is -2.32. The van der Waals surface area contributed by atoms with Crippen LogP contribution in [-0.2, 0) is 9.53 Å². The highest BCUT2D eigenvalue weighted by Gasteiger charge is 2.39. The second kappa shape index (κ2) is 11.6. The zero-order valence-corrected chi connectivity index (χ0v) is 23.8. The molecule has 0 aliphatic carbocycles. The van der Waals surface area contributed by atoms with Gasteiger partial charge in [-0.05, 0) is 35.4 Å². The Labute approximate surface area is 248 Å². The van der Waals surface area contributed by atoms with Crippen LogP contribution in [0.3, 0.4) is 0 Å². The summed E-state index contributed by atoms with van der Waals surface area (Å²) in [5.41, 5.74) is 4.32. The van der Waals surface area contributed by atoms with E-state index in [2.05, 4.69) is 4.98 Å². The SMILES string of the molecule is COc1ccccc1[C@@H]1CC(c2c(-c3ccc(Cl)cc3)c3ccccc3[nH]c2=O)=NN1C(=O)[C@@H](OC)c1ccccc1. The van der Waals surface area contributed by atoms with E-state index in [9.17, 15) is 9.59 Å². The highest BCUT2D eigenvalue weighted by molar-refractivity contribution is 6.30. The number of halogens is 1. The minimum Gasteiger partial charge on any atom is -0.496 e. The van der Waals surface area contributed by atoms with Gasteiger partial charge in [-0.2, -0.15) is 5.10 Å². The second-order valence-electron chi connectivity index (χ2n) is 9.97. The van der Waals surface area contributed by atoms with Crippen molar-refractivity contribution in [2.75, 3.05) is 14.2 Å². The van der Waals surface area contributed by atoms with Crippen LogP contribution in [0.1, 0.15) is 35.3 Å². The third-order valence-electron chi connectivity index (χ3n) is 7.54. The number of carbonyl (C=O) groups excluding carboxylic acids is 1. The maximum atomic E-state index is 14.2. The first-order valence-electron chi connectivity index (χ1n) is 13.5. The molecule has 1 aliphatic rings. The summed E-state index contributed by atoms with van der Waals surface area (Å²) in [6.07, 6.45) is -0.601. The second-order valence-corrected chi connectivity index (χ2v) is 10.4. The van der Waals surface area contributed by atoms with Crippen molar-refractivity contribution in [1.82, 2.24) is 9.99 Å². The predicted molar refractivity (Wildman–Crippen MR) is 165 cm³/mol. The van der Waals surface area contributed by atoms with Crippen LogP contribution in [0.15, 0.2) is 113 Å². The van der Waals surface area contributed by atoms with Gasteiger partial charge in [0, 0.05) is 40.6 Å². The van der Waals surface area contributed by atoms with E-state index in [0.717, 1.165) is 22.1 Å². The zero-order valence-electron chi connectivity index (χ0n) is 23.1. The van der Waals surface area contributed by atoms with E-state index in [-0.39, 0.29) is 11.5 Å². The number of pyridine rings is 1. The zero-order chi connectivity index (χ0) is 29.2. The van der Waals surface area contributed by atoms with Gasteiger partial charge in [-0.15, -0.1) is 0 Å². The Morgan fingerprint density at radius 3 is 2.33 bits per heavy atom. The summed E-state index contributed by atoms with van der Waals surface area (Å²) < 4.78 is 11.4. The van der Waals surface area contributed by atoms with Crippen LogP contribution in [0.5, 0.6) is 5.75 Å². The van der Waals surface area contributed by atoms with Gasteiger partial charge in [-0.1, -0.05) is 90.5 Å².